The minimum Gasteiger partial charge on any atom is -0.103 e. The van der Waals surface area contributed by atoms with Crippen LogP contribution in [0.5, 0.6) is 0 Å². The van der Waals surface area contributed by atoms with Crippen molar-refractivity contribution in [2.24, 2.45) is 0 Å². The molecule has 66 valence electrons. The van der Waals surface area contributed by atoms with Gasteiger partial charge in [-0.3, -0.25) is 0 Å². The first-order chi connectivity index (χ1) is 5.91. The summed E-state index contributed by atoms with van der Waals surface area (Å²) >= 11 is 0. The van der Waals surface area contributed by atoms with E-state index in [-0.39, 0.29) is 0 Å². The van der Waals surface area contributed by atoms with Crippen molar-refractivity contribution in [1.29, 1.82) is 0 Å². The maximum absolute atomic E-state index is 3.67. The van der Waals surface area contributed by atoms with Crippen LogP contribution in [0.2, 0.25) is 0 Å². The molecule has 0 saturated carbocycles. The average molecular weight is 162 g/mol. The van der Waals surface area contributed by atoms with E-state index in [9.17, 15) is 0 Å². The zero-order chi connectivity index (χ0) is 9.07. The second kappa shape index (κ2) is 9.96. The number of unbranched alkanes of at least 4 members (excludes halogenated alkanes) is 2. The fourth-order valence-corrected chi connectivity index (χ4v) is 0.847. The van der Waals surface area contributed by atoms with Gasteiger partial charge in [-0.1, -0.05) is 43.0 Å². The standard InChI is InChI=1S/C12H18/c1-3-5-7-9-11-12-10-8-6-4-2/h3-5,7,11-12H,1-2,6,8-10H2. The zero-order valence-electron chi connectivity index (χ0n) is 7.71. The summed E-state index contributed by atoms with van der Waals surface area (Å²) < 4.78 is 0. The lowest BCUT2D eigenvalue weighted by atomic mass is 10.2. The third kappa shape index (κ3) is 8.96. The molecule has 0 unspecified atom stereocenters. The molecular weight excluding hydrogens is 144 g/mol. The van der Waals surface area contributed by atoms with Gasteiger partial charge in [0.05, 0.1) is 0 Å². The van der Waals surface area contributed by atoms with Gasteiger partial charge in [0.25, 0.3) is 0 Å². The number of hydrogen-bond donors (Lipinski definition) is 0. The van der Waals surface area contributed by atoms with E-state index in [2.05, 4.69) is 31.4 Å². The fraction of sp³-hybridized carbons (Fsp3) is 0.333. The molecule has 0 heterocycles. The lowest BCUT2D eigenvalue weighted by Crippen LogP contribution is -1.67. The van der Waals surface area contributed by atoms with E-state index in [1.807, 2.05) is 12.2 Å². The van der Waals surface area contributed by atoms with E-state index < -0.39 is 0 Å². The first kappa shape index (κ1) is 11.0. The SMILES string of the molecule is C=CC=CCC=CCCCC=C. The molecule has 0 heteroatoms. The Kier molecular flexibility index (Phi) is 9.10. The molecule has 0 aromatic heterocycles. The van der Waals surface area contributed by atoms with Crippen LogP contribution in [-0.4, -0.2) is 0 Å². The molecule has 0 saturated heterocycles. The highest BCUT2D eigenvalue weighted by Crippen LogP contribution is 1.97. The molecule has 0 aromatic rings. The number of rotatable bonds is 7. The van der Waals surface area contributed by atoms with Gasteiger partial charge in [0.1, 0.15) is 0 Å². The van der Waals surface area contributed by atoms with Gasteiger partial charge in [-0.05, 0) is 25.7 Å². The molecule has 0 aliphatic carbocycles. The van der Waals surface area contributed by atoms with Crippen LogP contribution in [0.15, 0.2) is 49.6 Å². The van der Waals surface area contributed by atoms with E-state index in [1.54, 1.807) is 6.08 Å². The van der Waals surface area contributed by atoms with Crippen LogP contribution in [-0.2, 0) is 0 Å². The minimum atomic E-state index is 1.01. The van der Waals surface area contributed by atoms with Crippen LogP contribution in [0.3, 0.4) is 0 Å². The Balaban J connectivity index is 3.19. The lowest BCUT2D eigenvalue weighted by Gasteiger charge is -1.87. The molecule has 0 bridgehead atoms. The van der Waals surface area contributed by atoms with E-state index >= 15 is 0 Å². The molecule has 12 heavy (non-hydrogen) atoms. The average Bonchev–Trinajstić information content (AvgIpc) is 2.10. The summed E-state index contributed by atoms with van der Waals surface area (Å²) in [7, 11) is 0. The van der Waals surface area contributed by atoms with Gasteiger partial charge in [0, 0.05) is 0 Å². The van der Waals surface area contributed by atoms with Crippen LogP contribution < -0.4 is 0 Å². The molecule has 0 aliphatic rings. The Morgan fingerprint density at radius 1 is 0.917 bits per heavy atom. The molecule has 0 rings (SSSR count). The second-order valence-corrected chi connectivity index (χ2v) is 2.59. The molecule has 0 amide bonds. The smallest absolute Gasteiger partial charge is 0.0166 e. The Morgan fingerprint density at radius 2 is 1.75 bits per heavy atom. The number of allylic oxidation sites excluding steroid dienone is 6. The van der Waals surface area contributed by atoms with E-state index in [1.165, 1.54) is 6.42 Å². The van der Waals surface area contributed by atoms with Gasteiger partial charge >= 0.3 is 0 Å². The van der Waals surface area contributed by atoms with Crippen molar-refractivity contribution in [1.82, 2.24) is 0 Å². The van der Waals surface area contributed by atoms with Crippen molar-refractivity contribution in [3.05, 3.63) is 49.6 Å². The van der Waals surface area contributed by atoms with Gasteiger partial charge < -0.3 is 0 Å². The highest BCUT2D eigenvalue weighted by atomic mass is 13.8. The van der Waals surface area contributed by atoms with Gasteiger partial charge in [0.15, 0.2) is 0 Å². The normalized spacial score (nSPS) is 11.0. The molecule has 0 aromatic carbocycles. The monoisotopic (exact) mass is 162 g/mol. The van der Waals surface area contributed by atoms with E-state index in [0.717, 1.165) is 19.3 Å². The highest BCUT2D eigenvalue weighted by Gasteiger charge is 1.77. The summed E-state index contributed by atoms with van der Waals surface area (Å²) in [4.78, 5) is 0. The quantitative estimate of drug-likeness (QED) is 0.301. The molecule has 0 spiro atoms. The summed E-state index contributed by atoms with van der Waals surface area (Å²) in [6, 6.07) is 0. The fourth-order valence-electron chi connectivity index (χ4n) is 0.847. The largest absolute Gasteiger partial charge is 0.103 e. The van der Waals surface area contributed by atoms with Gasteiger partial charge in [-0.2, -0.15) is 0 Å². The molecule has 0 radical (unpaired) electrons. The summed E-state index contributed by atoms with van der Waals surface area (Å²) in [5.41, 5.74) is 0. The predicted octanol–water partition coefficient (Wildman–Crippen LogP) is 4.03. The predicted molar refractivity (Wildman–Crippen MR) is 57.1 cm³/mol. The topological polar surface area (TPSA) is 0 Å². The Hall–Kier alpha value is -1.04. The molecule has 0 atom stereocenters. The van der Waals surface area contributed by atoms with Crippen LogP contribution in [0.25, 0.3) is 0 Å². The maximum atomic E-state index is 3.67. The Labute approximate surface area is 76.0 Å². The minimum absolute atomic E-state index is 1.01. The zero-order valence-corrected chi connectivity index (χ0v) is 7.71. The van der Waals surface area contributed by atoms with Crippen LogP contribution in [0.1, 0.15) is 25.7 Å². The summed E-state index contributed by atoms with van der Waals surface area (Å²) in [5.74, 6) is 0. The Morgan fingerprint density at radius 3 is 2.42 bits per heavy atom. The molecule has 0 nitrogen and oxygen atoms in total. The van der Waals surface area contributed by atoms with Gasteiger partial charge in [0.2, 0.25) is 0 Å². The van der Waals surface area contributed by atoms with Crippen LogP contribution >= 0.6 is 0 Å². The molecular formula is C12H18. The second-order valence-electron chi connectivity index (χ2n) is 2.59. The molecule has 0 N–H and O–H groups in total. The Bertz CT molecular complexity index is 161. The molecule has 0 fully saturated rings. The third-order valence-corrected chi connectivity index (χ3v) is 1.49. The summed E-state index contributed by atoms with van der Waals surface area (Å²) in [5, 5.41) is 0. The van der Waals surface area contributed by atoms with E-state index in [0.29, 0.717) is 0 Å². The molecule has 0 aliphatic heterocycles. The van der Waals surface area contributed by atoms with Crippen molar-refractivity contribution < 1.29 is 0 Å². The van der Waals surface area contributed by atoms with Crippen molar-refractivity contribution >= 4 is 0 Å². The summed E-state index contributed by atoms with van der Waals surface area (Å²) in [6.45, 7) is 7.27. The van der Waals surface area contributed by atoms with Crippen LogP contribution in [0.4, 0.5) is 0 Å². The summed E-state index contributed by atoms with van der Waals surface area (Å²) in [6.07, 6.45) is 16.7. The van der Waals surface area contributed by atoms with Gasteiger partial charge in [-0.25, -0.2) is 0 Å². The highest BCUT2D eigenvalue weighted by molar-refractivity contribution is 5.01. The third-order valence-electron chi connectivity index (χ3n) is 1.49. The van der Waals surface area contributed by atoms with Gasteiger partial charge in [-0.15, -0.1) is 6.58 Å². The van der Waals surface area contributed by atoms with Crippen molar-refractivity contribution in [2.75, 3.05) is 0 Å². The first-order valence-electron chi connectivity index (χ1n) is 4.45. The lowest BCUT2D eigenvalue weighted by molar-refractivity contribution is 0.867. The van der Waals surface area contributed by atoms with Crippen molar-refractivity contribution in [3.8, 4) is 0 Å². The van der Waals surface area contributed by atoms with Crippen molar-refractivity contribution in [3.63, 3.8) is 0 Å². The first-order valence-corrected chi connectivity index (χ1v) is 4.45. The van der Waals surface area contributed by atoms with E-state index in [4.69, 9.17) is 0 Å². The van der Waals surface area contributed by atoms with Crippen molar-refractivity contribution in [2.45, 2.75) is 25.7 Å². The number of hydrogen-bond acceptors (Lipinski definition) is 0. The maximum Gasteiger partial charge on any atom is -0.0166 e. The van der Waals surface area contributed by atoms with Crippen LogP contribution in [0, 0.1) is 0 Å².